The van der Waals surface area contributed by atoms with E-state index < -0.39 is 0 Å². The summed E-state index contributed by atoms with van der Waals surface area (Å²) in [7, 11) is 0. The van der Waals surface area contributed by atoms with E-state index in [1.165, 1.54) is 0 Å². The lowest BCUT2D eigenvalue weighted by atomic mass is 9.74. The summed E-state index contributed by atoms with van der Waals surface area (Å²) in [6.45, 7) is 27.7. The lowest BCUT2D eigenvalue weighted by Crippen LogP contribution is -2.48. The van der Waals surface area contributed by atoms with E-state index in [0.29, 0.717) is 35.5 Å². The summed E-state index contributed by atoms with van der Waals surface area (Å²) in [6, 6.07) is 0. The zero-order valence-electron chi connectivity index (χ0n) is 16.9. The van der Waals surface area contributed by atoms with Gasteiger partial charge in [0.05, 0.1) is 11.2 Å². The van der Waals surface area contributed by atoms with Gasteiger partial charge in [-0.1, -0.05) is 55.4 Å². The highest BCUT2D eigenvalue weighted by molar-refractivity contribution is 4.89. The topological polar surface area (TPSA) is 9.23 Å². The first-order valence-electron chi connectivity index (χ1n) is 8.94. The van der Waals surface area contributed by atoms with Gasteiger partial charge in [0.2, 0.25) is 0 Å². The third-order valence-electron chi connectivity index (χ3n) is 6.40. The molecule has 0 aliphatic heterocycles. The molecule has 1 heteroatoms. The van der Waals surface area contributed by atoms with Crippen LogP contribution in [0.5, 0.6) is 0 Å². The second kappa shape index (κ2) is 7.49. The fraction of sp³-hybridized carbons (Fsp3) is 1.00. The van der Waals surface area contributed by atoms with Crippen molar-refractivity contribution in [3.8, 4) is 0 Å². The molecule has 0 aromatic rings. The van der Waals surface area contributed by atoms with Crippen LogP contribution in [0.3, 0.4) is 0 Å². The minimum absolute atomic E-state index is 0.0991. The summed E-state index contributed by atoms with van der Waals surface area (Å²) in [5.41, 5.74) is -0.198. The number of hydrogen-bond donors (Lipinski definition) is 0. The van der Waals surface area contributed by atoms with Crippen LogP contribution in [0.15, 0.2) is 0 Å². The minimum Gasteiger partial charge on any atom is -0.369 e. The van der Waals surface area contributed by atoms with Gasteiger partial charge in [0.1, 0.15) is 0 Å². The van der Waals surface area contributed by atoms with E-state index in [2.05, 4.69) is 83.1 Å². The van der Waals surface area contributed by atoms with Crippen LogP contribution in [0.1, 0.15) is 83.1 Å². The fourth-order valence-electron chi connectivity index (χ4n) is 3.28. The minimum atomic E-state index is -0.0991. The largest absolute Gasteiger partial charge is 0.369 e. The number of hydrogen-bond acceptors (Lipinski definition) is 1. The Morgan fingerprint density at radius 3 is 0.952 bits per heavy atom. The Morgan fingerprint density at radius 2 is 0.762 bits per heavy atom. The smallest absolute Gasteiger partial charge is 0.0661 e. The quantitative estimate of drug-likeness (QED) is 0.502. The Hall–Kier alpha value is -0.0400. The lowest BCUT2D eigenvalue weighted by molar-refractivity contribution is -0.185. The first-order chi connectivity index (χ1) is 9.24. The Morgan fingerprint density at radius 1 is 0.524 bits per heavy atom. The molecular weight excluding hydrogens is 256 g/mol. The monoisotopic (exact) mass is 298 g/mol. The van der Waals surface area contributed by atoms with Crippen molar-refractivity contribution in [3.05, 3.63) is 0 Å². The standard InChI is InChI=1S/C20H42O/c1-13(2)15(5)17(7)19(9,10)21-20(11,12)18(8)16(6)14(3)4/h13-18H,1-12H3. The molecule has 0 rings (SSSR count). The predicted octanol–water partition coefficient (Wildman–Crippen LogP) is 6.42. The molecule has 0 radical (unpaired) electrons. The molecule has 0 spiro atoms. The zero-order valence-corrected chi connectivity index (χ0v) is 16.9. The Balaban J connectivity index is 5.05. The van der Waals surface area contributed by atoms with E-state index in [0.717, 1.165) is 0 Å². The van der Waals surface area contributed by atoms with Gasteiger partial charge in [-0.3, -0.25) is 0 Å². The first-order valence-corrected chi connectivity index (χ1v) is 8.94. The number of ether oxygens (including phenoxy) is 1. The maximum atomic E-state index is 6.69. The van der Waals surface area contributed by atoms with Crippen molar-refractivity contribution >= 4 is 0 Å². The molecule has 128 valence electrons. The molecule has 0 fully saturated rings. The van der Waals surface area contributed by atoms with Crippen LogP contribution >= 0.6 is 0 Å². The summed E-state index contributed by atoms with van der Waals surface area (Å²) >= 11 is 0. The highest BCUT2D eigenvalue weighted by Gasteiger charge is 2.40. The molecule has 1 nitrogen and oxygen atoms in total. The SMILES string of the molecule is CC(C)C(C)C(C)C(C)(C)OC(C)(C)C(C)C(C)C(C)C. The van der Waals surface area contributed by atoms with Gasteiger partial charge >= 0.3 is 0 Å². The van der Waals surface area contributed by atoms with Crippen molar-refractivity contribution in [2.45, 2.75) is 94.3 Å². The van der Waals surface area contributed by atoms with Crippen LogP contribution in [0, 0.1) is 35.5 Å². The van der Waals surface area contributed by atoms with Crippen LogP contribution in [-0.4, -0.2) is 11.2 Å². The summed E-state index contributed by atoms with van der Waals surface area (Å²) in [5.74, 6) is 3.79. The van der Waals surface area contributed by atoms with E-state index in [1.54, 1.807) is 0 Å². The Bertz CT molecular complexity index is 271. The molecule has 0 aromatic heterocycles. The van der Waals surface area contributed by atoms with Crippen molar-refractivity contribution < 1.29 is 4.74 Å². The molecule has 0 aromatic carbocycles. The first kappa shape index (κ1) is 21.0. The maximum Gasteiger partial charge on any atom is 0.0661 e. The third-order valence-corrected chi connectivity index (χ3v) is 6.40. The van der Waals surface area contributed by atoms with Crippen LogP contribution in [0.2, 0.25) is 0 Å². The van der Waals surface area contributed by atoms with Gasteiger partial charge in [0.15, 0.2) is 0 Å². The Labute approximate surface area is 135 Å². The molecule has 0 aliphatic rings. The molecule has 4 unspecified atom stereocenters. The number of rotatable bonds is 8. The third kappa shape index (κ3) is 5.58. The van der Waals surface area contributed by atoms with Crippen LogP contribution in [0.4, 0.5) is 0 Å². The van der Waals surface area contributed by atoms with E-state index in [9.17, 15) is 0 Å². The van der Waals surface area contributed by atoms with Gasteiger partial charge in [-0.15, -0.1) is 0 Å². The molecule has 0 amide bonds. The zero-order chi connectivity index (χ0) is 17.2. The molecule has 0 bridgehead atoms. The second-order valence-corrected chi connectivity index (χ2v) is 9.09. The highest BCUT2D eigenvalue weighted by atomic mass is 16.5. The summed E-state index contributed by atoms with van der Waals surface area (Å²) in [5, 5.41) is 0. The van der Waals surface area contributed by atoms with Gasteiger partial charge < -0.3 is 4.74 Å². The molecule has 0 N–H and O–H groups in total. The average Bonchev–Trinajstić information content (AvgIpc) is 2.33. The van der Waals surface area contributed by atoms with Crippen molar-refractivity contribution in [3.63, 3.8) is 0 Å². The highest BCUT2D eigenvalue weighted by Crippen LogP contribution is 2.39. The van der Waals surface area contributed by atoms with Gasteiger partial charge in [0, 0.05) is 0 Å². The molecule has 0 aliphatic carbocycles. The van der Waals surface area contributed by atoms with Gasteiger partial charge in [-0.05, 0) is 63.2 Å². The molecule has 0 saturated heterocycles. The van der Waals surface area contributed by atoms with Crippen molar-refractivity contribution in [1.82, 2.24) is 0 Å². The fourth-order valence-corrected chi connectivity index (χ4v) is 3.28. The van der Waals surface area contributed by atoms with Gasteiger partial charge in [0.25, 0.3) is 0 Å². The molecule has 0 heterocycles. The van der Waals surface area contributed by atoms with Crippen molar-refractivity contribution in [1.29, 1.82) is 0 Å². The van der Waals surface area contributed by atoms with Gasteiger partial charge in [-0.2, -0.15) is 0 Å². The lowest BCUT2D eigenvalue weighted by Gasteiger charge is -2.47. The molecule has 21 heavy (non-hydrogen) atoms. The van der Waals surface area contributed by atoms with E-state index in [1.807, 2.05) is 0 Å². The van der Waals surface area contributed by atoms with Crippen LogP contribution in [0.25, 0.3) is 0 Å². The summed E-state index contributed by atoms with van der Waals surface area (Å²) < 4.78 is 6.69. The maximum absolute atomic E-state index is 6.69. The Kier molecular flexibility index (Phi) is 7.47. The normalized spacial score (nSPS) is 19.7. The average molecular weight is 299 g/mol. The van der Waals surface area contributed by atoms with Crippen molar-refractivity contribution in [2.24, 2.45) is 35.5 Å². The summed E-state index contributed by atoms with van der Waals surface area (Å²) in [6.07, 6.45) is 0. The molecule has 0 saturated carbocycles. The van der Waals surface area contributed by atoms with Crippen molar-refractivity contribution in [2.75, 3.05) is 0 Å². The molecule has 4 atom stereocenters. The van der Waals surface area contributed by atoms with E-state index >= 15 is 0 Å². The molecular formula is C20H42O. The predicted molar refractivity (Wildman–Crippen MR) is 95.6 cm³/mol. The second-order valence-electron chi connectivity index (χ2n) is 9.09. The van der Waals surface area contributed by atoms with E-state index in [-0.39, 0.29) is 11.2 Å². The summed E-state index contributed by atoms with van der Waals surface area (Å²) in [4.78, 5) is 0. The van der Waals surface area contributed by atoms with E-state index in [4.69, 9.17) is 4.74 Å². The van der Waals surface area contributed by atoms with Crippen LogP contribution < -0.4 is 0 Å². The van der Waals surface area contributed by atoms with Gasteiger partial charge in [-0.25, -0.2) is 0 Å². The van der Waals surface area contributed by atoms with Crippen LogP contribution in [-0.2, 0) is 4.74 Å².